The molecule has 0 aliphatic rings. The maximum Gasteiger partial charge on any atom is -1.00 e. The average Bonchev–Trinajstić information content (AvgIpc) is 2.39. The van der Waals surface area contributed by atoms with E-state index >= 15 is 0 Å². The second kappa shape index (κ2) is 31.9. The molecule has 0 N–H and O–H groups in total. The molecule has 0 spiro atoms. The van der Waals surface area contributed by atoms with Crippen molar-refractivity contribution >= 4 is 14.6 Å². The van der Waals surface area contributed by atoms with Crippen molar-refractivity contribution in [3.05, 3.63) is 0 Å². The smallest absolute Gasteiger partial charge is 1.00 e. The van der Waals surface area contributed by atoms with Gasteiger partial charge < -0.3 is 24.8 Å². The van der Waals surface area contributed by atoms with Crippen molar-refractivity contribution < 1.29 is 24.8 Å². The SMILES string of the molecule is CCCC[B+]CCCC.CCCC[B+]CCCC.[Cl-].[Cl-]. The van der Waals surface area contributed by atoms with Gasteiger partial charge in [0.2, 0.25) is 0 Å². The van der Waals surface area contributed by atoms with E-state index in [1.807, 2.05) is 0 Å². The first kappa shape index (κ1) is 28.8. The van der Waals surface area contributed by atoms with E-state index < -0.39 is 0 Å². The summed E-state index contributed by atoms with van der Waals surface area (Å²) >= 11 is 0. The molecular formula is C16H36B2Cl2. The van der Waals surface area contributed by atoms with Crippen molar-refractivity contribution in [2.75, 3.05) is 0 Å². The molecule has 0 saturated heterocycles. The Hall–Kier alpha value is 0.710. The summed E-state index contributed by atoms with van der Waals surface area (Å²) in [6.45, 7) is 8.97. The minimum atomic E-state index is 0. The third-order valence-electron chi connectivity index (χ3n) is 3.05. The molecule has 0 rings (SSSR count). The molecule has 120 valence electrons. The molecule has 4 heteroatoms. The summed E-state index contributed by atoms with van der Waals surface area (Å²) in [5, 5.41) is 0. The standard InChI is InChI=1S/2C8H18B.2ClH/c2*1-3-5-7-9-8-6-4-2;;/h2*3-8H2,1-2H3;2*1H/q2*+1;;/p-2. The molecule has 0 saturated carbocycles. The Bertz CT molecular complexity index is 99.0. The van der Waals surface area contributed by atoms with Gasteiger partial charge in [-0.1, -0.05) is 0 Å². The Morgan fingerprint density at radius 2 is 0.650 bits per heavy atom. The first-order chi connectivity index (χ1) is 8.83. The van der Waals surface area contributed by atoms with Crippen LogP contribution in [-0.2, 0) is 0 Å². The van der Waals surface area contributed by atoms with Gasteiger partial charge in [-0.3, -0.25) is 0 Å². The van der Waals surface area contributed by atoms with Crippen molar-refractivity contribution in [3.63, 3.8) is 0 Å². The number of unbranched alkanes of at least 4 members (excludes halogenated alkanes) is 4. The van der Waals surface area contributed by atoms with Gasteiger partial charge in [-0.2, -0.15) is 0 Å². The normalized spacial score (nSPS) is 8.20. The number of rotatable bonds is 12. The van der Waals surface area contributed by atoms with Gasteiger partial charge in [0.25, 0.3) is 0 Å². The molecule has 0 fully saturated rings. The van der Waals surface area contributed by atoms with Crippen molar-refractivity contribution in [2.45, 2.75) is 104 Å². The van der Waals surface area contributed by atoms with Crippen molar-refractivity contribution in [3.8, 4) is 0 Å². The van der Waals surface area contributed by atoms with Crippen LogP contribution in [-0.4, -0.2) is 14.6 Å². The van der Waals surface area contributed by atoms with Crippen LogP contribution in [0, 0.1) is 0 Å². The maximum atomic E-state index is 2.42. The van der Waals surface area contributed by atoms with Crippen molar-refractivity contribution in [2.24, 2.45) is 0 Å². The summed E-state index contributed by atoms with van der Waals surface area (Å²) in [5.41, 5.74) is 0. The number of halogens is 2. The predicted octanol–water partition coefficient (Wildman–Crippen LogP) is 0.263. The van der Waals surface area contributed by atoms with Gasteiger partial charge in [0.1, 0.15) is 0 Å². The predicted molar refractivity (Wildman–Crippen MR) is 90.4 cm³/mol. The van der Waals surface area contributed by atoms with Crippen molar-refractivity contribution in [1.29, 1.82) is 0 Å². The quantitative estimate of drug-likeness (QED) is 0.357. The zero-order valence-electron chi connectivity index (χ0n) is 14.4. The average molecular weight is 321 g/mol. The van der Waals surface area contributed by atoms with Crippen LogP contribution in [0.5, 0.6) is 0 Å². The Labute approximate surface area is 143 Å². The minimum absolute atomic E-state index is 0. The molecular weight excluding hydrogens is 285 g/mol. The fraction of sp³-hybridized carbons (Fsp3) is 1.00. The first-order valence-electron chi connectivity index (χ1n) is 8.46. The van der Waals surface area contributed by atoms with Crippen LogP contribution < -0.4 is 24.8 Å². The van der Waals surface area contributed by atoms with Crippen LogP contribution in [0.25, 0.3) is 0 Å². The van der Waals surface area contributed by atoms with Gasteiger partial charge in [-0.25, -0.2) is 0 Å². The molecule has 0 amide bonds. The zero-order valence-corrected chi connectivity index (χ0v) is 15.9. The van der Waals surface area contributed by atoms with Crippen LogP contribution in [0.1, 0.15) is 79.1 Å². The van der Waals surface area contributed by atoms with E-state index in [0.29, 0.717) is 0 Å². The van der Waals surface area contributed by atoms with E-state index in [-0.39, 0.29) is 24.8 Å². The van der Waals surface area contributed by atoms with Crippen LogP contribution in [0.4, 0.5) is 0 Å². The van der Waals surface area contributed by atoms with Gasteiger partial charge in [0.15, 0.2) is 0 Å². The van der Waals surface area contributed by atoms with E-state index in [9.17, 15) is 0 Å². The molecule has 0 aliphatic heterocycles. The minimum Gasteiger partial charge on any atom is -1.00 e. The third kappa shape index (κ3) is 36.3. The van der Waals surface area contributed by atoms with Crippen LogP contribution >= 0.6 is 0 Å². The molecule has 20 heavy (non-hydrogen) atoms. The maximum absolute atomic E-state index is 2.42. The Morgan fingerprint density at radius 3 is 0.800 bits per heavy atom. The molecule has 0 aliphatic carbocycles. The Morgan fingerprint density at radius 1 is 0.450 bits per heavy atom. The van der Waals surface area contributed by atoms with Gasteiger partial charge in [0, 0.05) is 0 Å². The van der Waals surface area contributed by atoms with E-state index in [0.717, 1.165) is 0 Å². The third-order valence-corrected chi connectivity index (χ3v) is 3.05. The molecule has 0 aromatic heterocycles. The van der Waals surface area contributed by atoms with Crippen LogP contribution in [0.2, 0.25) is 25.3 Å². The van der Waals surface area contributed by atoms with E-state index in [4.69, 9.17) is 0 Å². The summed E-state index contributed by atoms with van der Waals surface area (Å²) in [4.78, 5) is 0. The summed E-state index contributed by atoms with van der Waals surface area (Å²) in [5.74, 6) is 0. The zero-order chi connectivity index (χ0) is 13.9. The Balaban J connectivity index is -0.000000116. The van der Waals surface area contributed by atoms with Crippen LogP contribution in [0.15, 0.2) is 0 Å². The topological polar surface area (TPSA) is 0 Å². The molecule has 0 unspecified atom stereocenters. The second-order valence-corrected chi connectivity index (χ2v) is 5.15. The summed E-state index contributed by atoms with van der Waals surface area (Å²) in [6, 6.07) is 0. The van der Waals surface area contributed by atoms with E-state index in [1.165, 1.54) is 76.6 Å². The fourth-order valence-corrected chi connectivity index (χ4v) is 1.68. The van der Waals surface area contributed by atoms with E-state index in [2.05, 4.69) is 42.3 Å². The van der Waals surface area contributed by atoms with Gasteiger partial charge >= 0.3 is 119 Å². The van der Waals surface area contributed by atoms with Crippen molar-refractivity contribution in [1.82, 2.24) is 0 Å². The van der Waals surface area contributed by atoms with Gasteiger partial charge in [-0.05, 0) is 0 Å². The van der Waals surface area contributed by atoms with Gasteiger partial charge in [-0.15, -0.1) is 0 Å². The summed E-state index contributed by atoms with van der Waals surface area (Å²) < 4.78 is 0. The fourth-order valence-electron chi connectivity index (χ4n) is 1.68. The number of hydrogen-bond acceptors (Lipinski definition) is 0. The molecule has 0 heterocycles. The second-order valence-electron chi connectivity index (χ2n) is 5.15. The Kier molecular flexibility index (Phi) is 45.9. The van der Waals surface area contributed by atoms with Crippen LogP contribution in [0.3, 0.4) is 0 Å². The summed E-state index contributed by atoms with van der Waals surface area (Å²) in [6.07, 6.45) is 16.2. The van der Waals surface area contributed by atoms with Gasteiger partial charge in [0.05, 0.1) is 0 Å². The molecule has 0 nitrogen and oxygen atoms in total. The summed E-state index contributed by atoms with van der Waals surface area (Å²) in [7, 11) is 4.85. The number of hydrogen-bond donors (Lipinski definition) is 0. The molecule has 0 aromatic carbocycles. The molecule has 0 radical (unpaired) electrons. The monoisotopic (exact) mass is 320 g/mol. The first-order valence-corrected chi connectivity index (χ1v) is 8.46. The largest absolute Gasteiger partial charge is 1.00 e. The molecule has 0 atom stereocenters. The van der Waals surface area contributed by atoms with E-state index in [1.54, 1.807) is 0 Å². The molecule has 0 aromatic rings. The molecule has 0 bridgehead atoms.